The molecule has 314 valence electrons. The number of halogens is 10. The van der Waals surface area contributed by atoms with E-state index >= 15 is 0 Å². The van der Waals surface area contributed by atoms with E-state index in [1.807, 2.05) is 12.1 Å². The summed E-state index contributed by atoms with van der Waals surface area (Å²) in [5, 5.41) is 51.9. The van der Waals surface area contributed by atoms with Crippen molar-refractivity contribution in [2.45, 2.75) is 12.8 Å². The lowest BCUT2D eigenvalue weighted by atomic mass is 10.3. The predicted molar refractivity (Wildman–Crippen MR) is 199 cm³/mol. The smallest absolute Gasteiger partial charge is 0.285 e. The summed E-state index contributed by atoms with van der Waals surface area (Å²) in [6, 6.07) is 14.4. The number of rotatable bonds is 1. The van der Waals surface area contributed by atoms with E-state index in [9.17, 15) is 56.4 Å². The molecule has 3 aromatic heterocycles. The van der Waals surface area contributed by atoms with Crippen LogP contribution in [0.1, 0.15) is 12.8 Å². The maximum atomic E-state index is 12.2. The van der Waals surface area contributed by atoms with E-state index in [0.717, 1.165) is 23.2 Å². The molecule has 1 fully saturated rings. The summed E-state index contributed by atoms with van der Waals surface area (Å²) >= 11 is 27.9. The summed E-state index contributed by atoms with van der Waals surface area (Å²) in [5.41, 5.74) is 0.820. The van der Waals surface area contributed by atoms with Crippen molar-refractivity contribution in [2.75, 3.05) is 0 Å². The lowest BCUT2D eigenvalue weighted by Crippen LogP contribution is -2.24. The van der Waals surface area contributed by atoms with Crippen LogP contribution in [-0.2, 0) is 9.59 Å². The first kappa shape index (κ1) is 49.1. The van der Waals surface area contributed by atoms with E-state index in [-0.39, 0.29) is 65.6 Å². The van der Waals surface area contributed by atoms with Gasteiger partial charge < -0.3 is 25.4 Å². The van der Waals surface area contributed by atoms with Gasteiger partial charge in [-0.05, 0) is 23.4 Å². The number of aromatic nitrogens is 5. The van der Waals surface area contributed by atoms with Crippen molar-refractivity contribution in [3.05, 3.63) is 152 Å². The number of H-pyrrole nitrogens is 2. The van der Waals surface area contributed by atoms with E-state index in [1.54, 1.807) is 30.5 Å². The van der Waals surface area contributed by atoms with Crippen molar-refractivity contribution in [3.63, 3.8) is 0 Å². The summed E-state index contributed by atoms with van der Waals surface area (Å²) in [6.07, 6.45) is 2.95. The number of phenols is 2. The number of para-hydroxylation sites is 1. The molecule has 7 rings (SSSR count). The van der Waals surface area contributed by atoms with Crippen molar-refractivity contribution in [3.8, 4) is 11.5 Å². The molecule has 17 nitrogen and oxygen atoms in total. The molecule has 0 atom stereocenters. The number of aromatic hydroxyl groups is 2. The van der Waals surface area contributed by atoms with Crippen LogP contribution in [0.2, 0.25) is 25.1 Å². The molecule has 59 heavy (non-hydrogen) atoms. The highest BCUT2D eigenvalue weighted by atomic mass is 35.5. The zero-order chi connectivity index (χ0) is 44.7. The molecule has 6 aromatic rings. The van der Waals surface area contributed by atoms with Crippen molar-refractivity contribution in [1.82, 2.24) is 30.2 Å². The van der Waals surface area contributed by atoms with Gasteiger partial charge in [-0.25, -0.2) is 13.2 Å². The van der Waals surface area contributed by atoms with Gasteiger partial charge >= 0.3 is 0 Å². The highest BCUT2D eigenvalue weighted by Crippen LogP contribution is 2.47. The molecule has 6 N–H and O–H groups in total. The van der Waals surface area contributed by atoms with Gasteiger partial charge in [-0.15, -0.1) is 5.10 Å². The topological polar surface area (TPSA) is 258 Å². The lowest BCUT2D eigenvalue weighted by molar-refractivity contribution is -0.385. The second-order valence-electron chi connectivity index (χ2n) is 10.3. The van der Waals surface area contributed by atoms with Crippen molar-refractivity contribution >= 4 is 86.5 Å². The number of benzene rings is 3. The monoisotopic (exact) mass is 933 g/mol. The minimum absolute atomic E-state index is 0.00904. The van der Waals surface area contributed by atoms with Crippen LogP contribution in [0.3, 0.4) is 0 Å². The third kappa shape index (κ3) is 13.8. The number of phenolic OH excluding ortho intramolecular Hbond substituents is 2. The van der Waals surface area contributed by atoms with Crippen LogP contribution >= 0.6 is 58.0 Å². The zero-order valence-electron chi connectivity index (χ0n) is 28.5. The lowest BCUT2D eigenvalue weighted by Gasteiger charge is -2.06. The standard InChI is InChI=1S/C6HCl5O.C6HF5O.C6H5N3O.C5H4N2O3.C5H5NO.C4H5NO3/c2*7-1-2(8)4(10)6(12)5(11)3(1)9;10-9-6-4-2-1-3-5(6)7-8-9;8-5-2-1-4(3-6-5)7(9)10;7-5-3-1-2-4-6-5;6-3-1-2-4(7)5(3)8/h2*12H;1-4,10H;1-3H,(H,6,8);1-4H,(H,6,7);8H,1-2H2. The number of carbonyl (C=O) groups excluding carboxylic acids is 2. The van der Waals surface area contributed by atoms with E-state index in [1.165, 1.54) is 6.07 Å². The Hall–Kier alpha value is -6.04. The van der Waals surface area contributed by atoms with Gasteiger partial charge in [0.15, 0.2) is 11.5 Å². The molecule has 1 aliphatic rings. The van der Waals surface area contributed by atoms with Crippen molar-refractivity contribution < 1.29 is 57.1 Å². The van der Waals surface area contributed by atoms with Crippen molar-refractivity contribution in [2.24, 2.45) is 0 Å². The number of nitro groups is 1. The number of hydrogen-bond donors (Lipinski definition) is 6. The van der Waals surface area contributed by atoms with E-state index in [0.29, 0.717) is 11.0 Å². The summed E-state index contributed by atoms with van der Waals surface area (Å²) in [7, 11) is 0. The molecule has 4 heterocycles. The van der Waals surface area contributed by atoms with Gasteiger partial charge in [-0.1, -0.05) is 81.0 Å². The molecule has 0 unspecified atom stereocenters. The SMILES string of the molecule is O=C1CCC(=O)N1O.O=c1ccc([N+](=O)[O-])c[nH]1.O=c1cccc[nH]1.Oc1c(Cl)c(Cl)c(Cl)c(Cl)c1Cl.Oc1c(F)c(F)c(F)c(F)c1F.On1nnc2ccccc21. The van der Waals surface area contributed by atoms with Crippen LogP contribution in [0.15, 0.2) is 76.6 Å². The van der Waals surface area contributed by atoms with E-state index in [4.69, 9.17) is 73.5 Å². The summed E-state index contributed by atoms with van der Waals surface area (Å²) < 4.78 is 60.6. The predicted octanol–water partition coefficient (Wildman–Crippen LogP) is 7.60. The largest absolute Gasteiger partial charge is 0.505 e. The second kappa shape index (κ2) is 22.8. The molecule has 2 amide bonds. The summed E-state index contributed by atoms with van der Waals surface area (Å²) in [6.45, 7) is 0. The fourth-order valence-electron chi connectivity index (χ4n) is 3.50. The van der Waals surface area contributed by atoms with Gasteiger partial charge in [0.05, 0.1) is 26.2 Å². The van der Waals surface area contributed by atoms with Crippen LogP contribution in [0.25, 0.3) is 11.0 Å². The number of carbonyl (C=O) groups is 2. The number of nitrogens with one attached hydrogen (secondary N) is 2. The zero-order valence-corrected chi connectivity index (χ0v) is 32.3. The molecule has 1 saturated heterocycles. The van der Waals surface area contributed by atoms with E-state index < -0.39 is 51.6 Å². The molecule has 0 spiro atoms. The van der Waals surface area contributed by atoms with Crippen LogP contribution in [0.4, 0.5) is 27.6 Å². The molecule has 0 bridgehead atoms. The normalized spacial score (nSPS) is 11.3. The first-order valence-corrected chi connectivity index (χ1v) is 16.9. The quantitative estimate of drug-likeness (QED) is 0.0136. The van der Waals surface area contributed by atoms with Crippen LogP contribution in [-0.4, -0.2) is 67.6 Å². The number of pyridine rings is 2. The molecular formula is C32H21Cl5F5N7O10. The minimum Gasteiger partial charge on any atom is -0.505 e. The molecule has 0 aliphatic carbocycles. The van der Waals surface area contributed by atoms with Gasteiger partial charge in [0.2, 0.25) is 40.2 Å². The van der Waals surface area contributed by atoms with Gasteiger partial charge in [0.25, 0.3) is 17.5 Å². The Labute approximate surface area is 349 Å². The number of fused-ring (bicyclic) bond motifs is 1. The Morgan fingerprint density at radius 2 is 1.12 bits per heavy atom. The fourth-order valence-corrected chi connectivity index (χ4v) is 4.63. The molecule has 1 aliphatic heterocycles. The number of amides is 2. The highest BCUT2D eigenvalue weighted by Gasteiger charge is 2.27. The Balaban J connectivity index is 0.000000246. The van der Waals surface area contributed by atoms with Gasteiger partial charge in [-0.2, -0.15) is 13.8 Å². The third-order valence-corrected chi connectivity index (χ3v) is 8.65. The first-order chi connectivity index (χ1) is 27.6. The number of nitrogens with zero attached hydrogens (tertiary/aromatic N) is 5. The molecule has 3 aromatic carbocycles. The average molecular weight is 936 g/mol. The van der Waals surface area contributed by atoms with Gasteiger partial charge in [-0.3, -0.25) is 34.5 Å². The van der Waals surface area contributed by atoms with Crippen LogP contribution in [0, 0.1) is 39.2 Å². The Kier molecular flexibility index (Phi) is 19.0. The average Bonchev–Trinajstić information content (AvgIpc) is 3.76. The molecule has 27 heteroatoms. The summed E-state index contributed by atoms with van der Waals surface area (Å²) in [5.74, 6) is -14.3. The number of hydroxylamine groups is 2. The van der Waals surface area contributed by atoms with Gasteiger partial charge in [0.1, 0.15) is 21.1 Å². The molecular weight excluding hydrogens is 915 g/mol. The van der Waals surface area contributed by atoms with Gasteiger partial charge in [0, 0.05) is 37.2 Å². The molecule has 0 saturated carbocycles. The highest BCUT2D eigenvalue weighted by molar-refractivity contribution is 6.55. The fraction of sp³-hybridized carbons (Fsp3) is 0.0625. The molecule has 0 radical (unpaired) electrons. The maximum absolute atomic E-state index is 12.2. The second-order valence-corrected chi connectivity index (χ2v) is 12.2. The Bertz CT molecular complexity index is 2250. The van der Waals surface area contributed by atoms with Crippen LogP contribution < -0.4 is 11.1 Å². The van der Waals surface area contributed by atoms with E-state index in [2.05, 4.69) is 20.3 Å². The Morgan fingerprint density at radius 3 is 1.51 bits per heavy atom. The minimum atomic E-state index is -2.29. The Morgan fingerprint density at radius 1 is 0.644 bits per heavy atom. The maximum Gasteiger partial charge on any atom is 0.285 e. The third-order valence-electron chi connectivity index (χ3n) is 6.39. The summed E-state index contributed by atoms with van der Waals surface area (Å²) in [4.78, 5) is 55.9. The number of hydrogen-bond acceptors (Lipinski definition) is 12. The van der Waals surface area contributed by atoms with Crippen molar-refractivity contribution in [1.29, 1.82) is 0 Å². The number of imide groups is 1. The number of aromatic amines is 2. The van der Waals surface area contributed by atoms with Crippen LogP contribution in [0.5, 0.6) is 11.5 Å². The first-order valence-electron chi connectivity index (χ1n) is 15.0.